The van der Waals surface area contributed by atoms with Gasteiger partial charge in [0, 0.05) is 44.4 Å². The number of aliphatic hydroxyl groups excluding tert-OH is 1. The molecule has 2 aliphatic heterocycles. The average molecular weight is 461 g/mol. The van der Waals surface area contributed by atoms with Crippen molar-refractivity contribution in [1.29, 1.82) is 5.26 Å². The second kappa shape index (κ2) is 8.67. The molecule has 0 bridgehead atoms. The van der Waals surface area contributed by atoms with Gasteiger partial charge in [-0.25, -0.2) is 4.39 Å². The van der Waals surface area contributed by atoms with Crippen LogP contribution in [0, 0.1) is 28.5 Å². The van der Waals surface area contributed by atoms with Crippen LogP contribution in [0.4, 0.5) is 23.2 Å². The summed E-state index contributed by atoms with van der Waals surface area (Å²) in [5.74, 6) is -1.21. The van der Waals surface area contributed by atoms with Gasteiger partial charge in [0.2, 0.25) is 0 Å². The summed E-state index contributed by atoms with van der Waals surface area (Å²) >= 11 is 0. The fourth-order valence-corrected chi connectivity index (χ4v) is 5.08. The second-order valence-electron chi connectivity index (χ2n) is 8.73. The van der Waals surface area contributed by atoms with Crippen molar-refractivity contribution in [3.63, 3.8) is 0 Å². The largest absolute Gasteiger partial charge is 0.417 e. The molecule has 4 rings (SSSR count). The van der Waals surface area contributed by atoms with Crippen LogP contribution in [-0.4, -0.2) is 48.7 Å². The fraction of sp³-hybridized carbons (Fsp3) is 0.417. The fourth-order valence-electron chi connectivity index (χ4n) is 5.08. The number of anilines is 1. The lowest BCUT2D eigenvalue weighted by Gasteiger charge is -2.43. The number of carbonyl (C=O) groups is 1. The summed E-state index contributed by atoms with van der Waals surface area (Å²) in [7, 11) is 0. The third-order valence-corrected chi connectivity index (χ3v) is 6.98. The first-order valence-corrected chi connectivity index (χ1v) is 10.7. The number of nitrogens with zero attached hydrogens (tertiary/aromatic N) is 3. The molecule has 0 radical (unpaired) electrons. The lowest BCUT2D eigenvalue weighted by Crippen LogP contribution is -2.45. The Bertz CT molecular complexity index is 1090. The number of amides is 1. The number of hydrogen-bond donors (Lipinski definition) is 1. The molecule has 2 heterocycles. The molecule has 5 nitrogen and oxygen atoms in total. The van der Waals surface area contributed by atoms with Gasteiger partial charge in [0.1, 0.15) is 5.82 Å². The minimum absolute atomic E-state index is 0.0130. The summed E-state index contributed by atoms with van der Waals surface area (Å²) in [6.07, 6.45) is -3.49. The average Bonchev–Trinajstić information content (AvgIpc) is 3.16. The van der Waals surface area contributed by atoms with Crippen molar-refractivity contribution in [2.24, 2.45) is 11.3 Å². The summed E-state index contributed by atoms with van der Waals surface area (Å²) in [6.45, 7) is 1.43. The van der Waals surface area contributed by atoms with E-state index >= 15 is 0 Å². The highest BCUT2D eigenvalue weighted by Gasteiger charge is 2.49. The maximum atomic E-state index is 14.1. The first kappa shape index (κ1) is 23.1. The van der Waals surface area contributed by atoms with Crippen LogP contribution >= 0.6 is 0 Å². The number of likely N-dealkylation sites (tertiary alicyclic amines) is 1. The third kappa shape index (κ3) is 4.27. The first-order valence-electron chi connectivity index (χ1n) is 10.7. The van der Waals surface area contributed by atoms with E-state index in [1.54, 1.807) is 17.0 Å². The zero-order chi connectivity index (χ0) is 23.8. The molecule has 2 aromatic rings. The molecule has 1 spiro atoms. The van der Waals surface area contributed by atoms with E-state index in [0.29, 0.717) is 44.7 Å². The van der Waals surface area contributed by atoms with E-state index in [0.717, 1.165) is 6.07 Å². The molecule has 2 aliphatic rings. The number of rotatable bonds is 3. The van der Waals surface area contributed by atoms with Crippen molar-refractivity contribution in [3.05, 3.63) is 65.0 Å². The highest BCUT2D eigenvalue weighted by atomic mass is 19.4. The van der Waals surface area contributed by atoms with Gasteiger partial charge in [0.15, 0.2) is 0 Å². The summed E-state index contributed by atoms with van der Waals surface area (Å²) in [5.41, 5.74) is -1.39. The molecular formula is C24H23F4N3O2. The first-order chi connectivity index (χ1) is 15.7. The maximum Gasteiger partial charge on any atom is 0.417 e. The number of piperidine rings is 1. The van der Waals surface area contributed by atoms with Crippen molar-refractivity contribution in [1.82, 2.24) is 4.90 Å². The van der Waals surface area contributed by atoms with Crippen molar-refractivity contribution in [3.8, 4) is 6.07 Å². The summed E-state index contributed by atoms with van der Waals surface area (Å²) in [4.78, 5) is 16.3. The molecule has 1 atom stereocenters. The summed E-state index contributed by atoms with van der Waals surface area (Å²) in [6, 6.07) is 11.1. The summed E-state index contributed by atoms with van der Waals surface area (Å²) < 4.78 is 54.1. The van der Waals surface area contributed by atoms with Crippen molar-refractivity contribution in [2.75, 3.05) is 37.7 Å². The Hall–Kier alpha value is -3.12. The van der Waals surface area contributed by atoms with E-state index in [1.807, 2.05) is 4.90 Å². The molecule has 0 aromatic heterocycles. The molecule has 1 unspecified atom stereocenters. The Morgan fingerprint density at radius 1 is 1.18 bits per heavy atom. The number of carbonyl (C=O) groups excluding carboxylic acids is 1. The van der Waals surface area contributed by atoms with Gasteiger partial charge in [-0.2, -0.15) is 18.4 Å². The molecule has 0 aliphatic carbocycles. The zero-order valence-electron chi connectivity index (χ0n) is 17.8. The highest BCUT2D eigenvalue weighted by Crippen LogP contribution is 2.46. The van der Waals surface area contributed by atoms with Crippen LogP contribution in [0.2, 0.25) is 0 Å². The number of hydrogen-bond acceptors (Lipinski definition) is 4. The number of benzene rings is 2. The Morgan fingerprint density at radius 2 is 1.88 bits per heavy atom. The summed E-state index contributed by atoms with van der Waals surface area (Å²) in [5, 5.41) is 19.0. The van der Waals surface area contributed by atoms with E-state index in [2.05, 4.69) is 0 Å². The number of halogens is 4. The van der Waals surface area contributed by atoms with Crippen molar-refractivity contribution in [2.45, 2.75) is 19.0 Å². The van der Waals surface area contributed by atoms with E-state index < -0.39 is 29.0 Å². The van der Waals surface area contributed by atoms with Gasteiger partial charge in [-0.1, -0.05) is 12.1 Å². The molecule has 2 aromatic carbocycles. The van der Waals surface area contributed by atoms with Crippen LogP contribution < -0.4 is 4.90 Å². The third-order valence-electron chi connectivity index (χ3n) is 6.98. The van der Waals surface area contributed by atoms with Crippen LogP contribution in [-0.2, 0) is 6.18 Å². The van der Waals surface area contributed by atoms with Crippen LogP contribution in [0.3, 0.4) is 0 Å². The van der Waals surface area contributed by atoms with Gasteiger partial charge >= 0.3 is 6.18 Å². The molecule has 33 heavy (non-hydrogen) atoms. The monoisotopic (exact) mass is 461 g/mol. The van der Waals surface area contributed by atoms with Crippen LogP contribution in [0.25, 0.3) is 0 Å². The number of aliphatic hydroxyl groups is 1. The Balaban J connectivity index is 1.51. The van der Waals surface area contributed by atoms with Gasteiger partial charge < -0.3 is 14.9 Å². The van der Waals surface area contributed by atoms with E-state index in [-0.39, 0.29) is 23.5 Å². The van der Waals surface area contributed by atoms with Crippen molar-refractivity contribution < 1.29 is 27.5 Å². The Morgan fingerprint density at radius 3 is 2.48 bits per heavy atom. The minimum atomic E-state index is -4.63. The molecular weight excluding hydrogens is 438 g/mol. The SMILES string of the molecule is N#Cc1ccc(N2CCC3(CC2)CN(C(=O)c2ccccc2F)CC3CO)cc1C(F)(F)F. The van der Waals surface area contributed by atoms with Gasteiger partial charge in [0.25, 0.3) is 5.91 Å². The number of nitriles is 1. The lowest BCUT2D eigenvalue weighted by molar-refractivity contribution is -0.137. The molecule has 2 fully saturated rings. The zero-order valence-corrected chi connectivity index (χ0v) is 17.8. The Labute approximate surface area is 188 Å². The minimum Gasteiger partial charge on any atom is -0.396 e. The van der Waals surface area contributed by atoms with Crippen LogP contribution in [0.1, 0.15) is 34.3 Å². The molecule has 9 heteroatoms. The van der Waals surface area contributed by atoms with Gasteiger partial charge in [-0.3, -0.25) is 4.79 Å². The van der Waals surface area contributed by atoms with Crippen molar-refractivity contribution >= 4 is 11.6 Å². The predicted molar refractivity (Wildman–Crippen MR) is 113 cm³/mol. The number of alkyl halides is 3. The van der Waals surface area contributed by atoms with E-state index in [9.17, 15) is 27.5 Å². The molecule has 0 saturated carbocycles. The normalized spacial score (nSPS) is 20.2. The molecule has 1 amide bonds. The smallest absolute Gasteiger partial charge is 0.396 e. The molecule has 2 saturated heterocycles. The Kier molecular flexibility index (Phi) is 6.06. The quantitative estimate of drug-likeness (QED) is 0.700. The molecule has 1 N–H and O–H groups in total. The lowest BCUT2D eigenvalue weighted by atomic mass is 9.71. The van der Waals surface area contributed by atoms with Gasteiger partial charge in [0.05, 0.1) is 22.8 Å². The van der Waals surface area contributed by atoms with E-state index in [4.69, 9.17) is 5.26 Å². The van der Waals surface area contributed by atoms with E-state index in [1.165, 1.54) is 30.3 Å². The molecule has 174 valence electrons. The topological polar surface area (TPSA) is 67.6 Å². The maximum absolute atomic E-state index is 14.1. The van der Waals surface area contributed by atoms with Gasteiger partial charge in [-0.15, -0.1) is 0 Å². The predicted octanol–water partition coefficient (Wildman–Crippen LogP) is 4.07. The second-order valence-corrected chi connectivity index (χ2v) is 8.73. The van der Waals surface area contributed by atoms with Crippen LogP contribution in [0.15, 0.2) is 42.5 Å². The van der Waals surface area contributed by atoms with Crippen LogP contribution in [0.5, 0.6) is 0 Å². The highest BCUT2D eigenvalue weighted by molar-refractivity contribution is 5.94. The van der Waals surface area contributed by atoms with Gasteiger partial charge in [-0.05, 0) is 48.6 Å². The standard InChI is InChI=1S/C24H23F4N3O2/c25-21-4-2-1-3-19(21)22(33)31-13-17(14-32)23(15-31)7-9-30(10-8-23)18-6-5-16(12-29)20(11-18)24(26,27)28/h1-6,11,17,32H,7-10,13-15H2.